The van der Waals surface area contributed by atoms with Gasteiger partial charge in [0.15, 0.2) is 6.10 Å². The van der Waals surface area contributed by atoms with Gasteiger partial charge in [0.25, 0.3) is 0 Å². The van der Waals surface area contributed by atoms with E-state index in [1.54, 1.807) is 39.8 Å². The summed E-state index contributed by atoms with van der Waals surface area (Å²) in [6, 6.07) is 17.8. The number of ether oxygens (including phenoxy) is 3. The van der Waals surface area contributed by atoms with Gasteiger partial charge in [-0.2, -0.15) is 0 Å². The molecule has 6 nitrogen and oxygen atoms in total. The smallest absolute Gasteiger partial charge is 0.338 e. The summed E-state index contributed by atoms with van der Waals surface area (Å²) >= 11 is 0. The first-order valence-corrected chi connectivity index (χ1v) is 13.6. The number of esters is 3. The highest BCUT2D eigenvalue weighted by Crippen LogP contribution is 2.41. The van der Waals surface area contributed by atoms with Crippen LogP contribution in [0, 0.1) is 19.8 Å². The van der Waals surface area contributed by atoms with Gasteiger partial charge in [-0.3, -0.25) is 4.79 Å². The minimum Gasteiger partial charge on any atom is -0.454 e. The fourth-order valence-electron chi connectivity index (χ4n) is 4.81. The van der Waals surface area contributed by atoms with Crippen molar-refractivity contribution in [3.05, 3.63) is 101 Å². The fraction of sp³-hybridized carbons (Fsp3) is 0.286. The van der Waals surface area contributed by atoms with Gasteiger partial charge in [0.05, 0.1) is 5.92 Å². The molecule has 4 rings (SSSR count). The zero-order chi connectivity index (χ0) is 30.0. The van der Waals surface area contributed by atoms with E-state index in [0.717, 1.165) is 44.5 Å². The molecule has 0 bridgehead atoms. The molecule has 1 aliphatic carbocycles. The Morgan fingerprint density at radius 3 is 1.90 bits per heavy atom. The van der Waals surface area contributed by atoms with Gasteiger partial charge >= 0.3 is 17.9 Å². The van der Waals surface area contributed by atoms with Crippen LogP contribution in [0.15, 0.2) is 78.9 Å². The summed E-state index contributed by atoms with van der Waals surface area (Å²) in [6.45, 7) is 18.2. The minimum atomic E-state index is -0.693. The summed E-state index contributed by atoms with van der Waals surface area (Å²) in [5, 5.41) is 0. The van der Waals surface area contributed by atoms with Gasteiger partial charge in [0, 0.05) is 23.1 Å². The van der Waals surface area contributed by atoms with Crippen LogP contribution in [-0.4, -0.2) is 24.0 Å². The van der Waals surface area contributed by atoms with E-state index in [1.807, 2.05) is 24.3 Å². The summed E-state index contributed by atoms with van der Waals surface area (Å²) < 4.78 is 16.9. The fourth-order valence-corrected chi connectivity index (χ4v) is 4.81. The van der Waals surface area contributed by atoms with Crippen molar-refractivity contribution in [2.24, 2.45) is 5.92 Å². The third-order valence-corrected chi connectivity index (χ3v) is 7.14. The topological polar surface area (TPSA) is 78.9 Å². The lowest BCUT2D eigenvalue weighted by Crippen LogP contribution is -2.27. The summed E-state index contributed by atoms with van der Waals surface area (Å²) in [6.07, 6.45) is -0.851. The molecule has 2 unspecified atom stereocenters. The van der Waals surface area contributed by atoms with E-state index < -0.39 is 24.1 Å². The first-order valence-electron chi connectivity index (χ1n) is 13.6. The average molecular weight is 553 g/mol. The lowest BCUT2D eigenvalue weighted by atomic mass is 9.90. The summed E-state index contributed by atoms with van der Waals surface area (Å²) in [5.74, 6) is -1.15. The lowest BCUT2D eigenvalue weighted by molar-refractivity contribution is -0.167. The predicted octanol–water partition coefficient (Wildman–Crippen LogP) is 7.40. The second-order valence-corrected chi connectivity index (χ2v) is 11.0. The lowest BCUT2D eigenvalue weighted by Gasteiger charge is -2.22. The van der Waals surface area contributed by atoms with Crippen LogP contribution in [0.25, 0.3) is 22.3 Å². The standard InChI is InChI=1S/C35H36O6/c1-19(2)33(36)39-27-13-11-24(12-14-27)28-15-23(8)29(16-22(28)7)25-9-10-26-18-31(40-34(37)20(3)4)32(30(26)17-25)41-35(38)21(5)6/h9-17,21,31-32H,1,3,18H2,2,4-8H3. The monoisotopic (exact) mass is 552 g/mol. The summed E-state index contributed by atoms with van der Waals surface area (Å²) in [7, 11) is 0. The molecule has 3 aromatic rings. The molecular formula is C35H36O6. The molecule has 0 fully saturated rings. The van der Waals surface area contributed by atoms with E-state index in [0.29, 0.717) is 23.3 Å². The molecular weight excluding hydrogens is 516 g/mol. The second kappa shape index (κ2) is 12.0. The molecule has 41 heavy (non-hydrogen) atoms. The number of aryl methyl sites for hydroxylation is 2. The van der Waals surface area contributed by atoms with Crippen LogP contribution in [0.1, 0.15) is 56.1 Å². The molecule has 0 heterocycles. The van der Waals surface area contributed by atoms with E-state index in [-0.39, 0.29) is 11.9 Å². The zero-order valence-corrected chi connectivity index (χ0v) is 24.5. The quantitative estimate of drug-likeness (QED) is 0.165. The maximum Gasteiger partial charge on any atom is 0.338 e. The van der Waals surface area contributed by atoms with E-state index in [4.69, 9.17) is 14.2 Å². The molecule has 0 aromatic heterocycles. The van der Waals surface area contributed by atoms with Gasteiger partial charge < -0.3 is 14.2 Å². The molecule has 2 atom stereocenters. The predicted molar refractivity (Wildman–Crippen MR) is 159 cm³/mol. The number of fused-ring (bicyclic) bond motifs is 1. The van der Waals surface area contributed by atoms with Gasteiger partial charge in [0.2, 0.25) is 0 Å². The molecule has 6 heteroatoms. The molecule has 0 N–H and O–H groups in total. The van der Waals surface area contributed by atoms with Gasteiger partial charge in [-0.25, -0.2) is 9.59 Å². The maximum absolute atomic E-state index is 12.6. The first kappa shape index (κ1) is 29.5. The Balaban J connectivity index is 1.65. The molecule has 0 radical (unpaired) electrons. The Morgan fingerprint density at radius 1 is 0.780 bits per heavy atom. The number of carbonyl (C=O) groups excluding carboxylic acids is 3. The van der Waals surface area contributed by atoms with E-state index in [9.17, 15) is 14.4 Å². The number of rotatable bonds is 8. The Morgan fingerprint density at radius 2 is 1.34 bits per heavy atom. The van der Waals surface area contributed by atoms with E-state index in [2.05, 4.69) is 45.2 Å². The van der Waals surface area contributed by atoms with E-state index in [1.165, 1.54) is 0 Å². The Kier molecular flexibility index (Phi) is 8.62. The van der Waals surface area contributed by atoms with Crippen LogP contribution >= 0.6 is 0 Å². The number of hydrogen-bond acceptors (Lipinski definition) is 6. The summed E-state index contributed by atoms with van der Waals surface area (Å²) in [5.41, 5.74) is 8.72. The SMILES string of the molecule is C=C(C)C(=O)Oc1ccc(-c2cc(C)c(-c3ccc4c(c3)C(OC(=O)C(C)C)C(OC(=O)C(=C)C)C4)cc2C)cc1. The van der Waals surface area contributed by atoms with Crippen LogP contribution in [0.4, 0.5) is 0 Å². The zero-order valence-electron chi connectivity index (χ0n) is 24.5. The highest BCUT2D eigenvalue weighted by atomic mass is 16.6. The van der Waals surface area contributed by atoms with E-state index >= 15 is 0 Å². The molecule has 0 spiro atoms. The summed E-state index contributed by atoms with van der Waals surface area (Å²) in [4.78, 5) is 36.8. The first-order chi connectivity index (χ1) is 19.3. The number of hydrogen-bond donors (Lipinski definition) is 0. The Labute approximate surface area is 241 Å². The Bertz CT molecular complexity index is 1540. The van der Waals surface area contributed by atoms with Crippen molar-refractivity contribution >= 4 is 17.9 Å². The number of benzene rings is 3. The molecule has 0 saturated heterocycles. The van der Waals surface area contributed by atoms with Gasteiger partial charge in [-0.15, -0.1) is 0 Å². The van der Waals surface area contributed by atoms with Crippen LogP contribution < -0.4 is 4.74 Å². The van der Waals surface area contributed by atoms with Gasteiger partial charge in [-0.1, -0.05) is 63.4 Å². The van der Waals surface area contributed by atoms with Crippen molar-refractivity contribution in [2.75, 3.05) is 0 Å². The van der Waals surface area contributed by atoms with Crippen molar-refractivity contribution in [1.82, 2.24) is 0 Å². The van der Waals surface area contributed by atoms with Crippen molar-refractivity contribution in [3.63, 3.8) is 0 Å². The third kappa shape index (κ3) is 6.49. The van der Waals surface area contributed by atoms with Crippen molar-refractivity contribution in [2.45, 2.75) is 60.2 Å². The van der Waals surface area contributed by atoms with Crippen molar-refractivity contribution < 1.29 is 28.6 Å². The van der Waals surface area contributed by atoms with Crippen LogP contribution in [0.3, 0.4) is 0 Å². The largest absolute Gasteiger partial charge is 0.454 e. The molecule has 212 valence electrons. The third-order valence-electron chi connectivity index (χ3n) is 7.14. The highest BCUT2D eigenvalue weighted by molar-refractivity contribution is 5.89. The molecule has 0 amide bonds. The second-order valence-electron chi connectivity index (χ2n) is 11.0. The van der Waals surface area contributed by atoms with Crippen LogP contribution in [-0.2, 0) is 30.3 Å². The van der Waals surface area contributed by atoms with Gasteiger partial charge in [0.1, 0.15) is 11.9 Å². The highest BCUT2D eigenvalue weighted by Gasteiger charge is 2.39. The molecule has 1 aliphatic rings. The van der Waals surface area contributed by atoms with Crippen LogP contribution in [0.5, 0.6) is 5.75 Å². The number of carbonyl (C=O) groups is 3. The molecule has 0 saturated carbocycles. The molecule has 3 aromatic carbocycles. The minimum absolute atomic E-state index is 0.296. The normalized spacial score (nSPS) is 15.7. The maximum atomic E-state index is 12.6. The molecule has 0 aliphatic heterocycles. The van der Waals surface area contributed by atoms with Crippen molar-refractivity contribution in [3.8, 4) is 28.0 Å². The average Bonchev–Trinajstić information content (AvgIpc) is 3.25. The van der Waals surface area contributed by atoms with Crippen molar-refractivity contribution in [1.29, 1.82) is 0 Å². The van der Waals surface area contributed by atoms with Gasteiger partial charge in [-0.05, 0) is 84.8 Å². The van der Waals surface area contributed by atoms with Crippen LogP contribution in [0.2, 0.25) is 0 Å². The Hall–Kier alpha value is -4.45.